The standard InChI is InChI=1S/C10H12N4O2/c1-7-3-8(16-14-7)4-12-9-5-11-6-10(13-9)15-2/h3,5-6H,4H2,1-2H3,(H,12,13). The van der Waals surface area contributed by atoms with E-state index in [-0.39, 0.29) is 0 Å². The Balaban J connectivity index is 1.99. The van der Waals surface area contributed by atoms with Gasteiger partial charge in [-0.1, -0.05) is 5.16 Å². The maximum Gasteiger partial charge on any atom is 0.233 e. The number of aromatic nitrogens is 3. The highest BCUT2D eigenvalue weighted by Crippen LogP contribution is 2.10. The molecule has 0 saturated heterocycles. The smallest absolute Gasteiger partial charge is 0.233 e. The van der Waals surface area contributed by atoms with E-state index in [1.165, 1.54) is 0 Å². The molecule has 2 heterocycles. The molecule has 0 radical (unpaired) electrons. The molecule has 0 saturated carbocycles. The van der Waals surface area contributed by atoms with Crippen molar-refractivity contribution in [3.63, 3.8) is 0 Å². The summed E-state index contributed by atoms with van der Waals surface area (Å²) < 4.78 is 10.0. The lowest BCUT2D eigenvalue weighted by Gasteiger charge is -2.03. The maximum absolute atomic E-state index is 5.05. The van der Waals surface area contributed by atoms with Crippen LogP contribution >= 0.6 is 0 Å². The highest BCUT2D eigenvalue weighted by atomic mass is 16.5. The van der Waals surface area contributed by atoms with Gasteiger partial charge < -0.3 is 14.6 Å². The van der Waals surface area contributed by atoms with Gasteiger partial charge in [-0.05, 0) is 6.92 Å². The fourth-order valence-electron chi connectivity index (χ4n) is 1.21. The summed E-state index contributed by atoms with van der Waals surface area (Å²) in [6.07, 6.45) is 3.16. The van der Waals surface area contributed by atoms with Gasteiger partial charge in [0.15, 0.2) is 5.76 Å². The fraction of sp³-hybridized carbons (Fsp3) is 0.300. The monoisotopic (exact) mass is 220 g/mol. The van der Waals surface area contributed by atoms with Crippen LogP contribution in [-0.2, 0) is 6.54 Å². The predicted octanol–water partition coefficient (Wildman–Crippen LogP) is 1.39. The van der Waals surface area contributed by atoms with Crippen LogP contribution in [0.5, 0.6) is 5.88 Å². The summed E-state index contributed by atoms with van der Waals surface area (Å²) in [5.41, 5.74) is 0.855. The van der Waals surface area contributed by atoms with Crippen LogP contribution in [0, 0.1) is 6.92 Å². The molecule has 0 unspecified atom stereocenters. The molecule has 0 bridgehead atoms. The number of anilines is 1. The topological polar surface area (TPSA) is 73.1 Å². The third kappa shape index (κ3) is 2.47. The summed E-state index contributed by atoms with van der Waals surface area (Å²) in [6.45, 7) is 2.39. The Labute approximate surface area is 92.7 Å². The van der Waals surface area contributed by atoms with Crippen LogP contribution in [-0.4, -0.2) is 22.2 Å². The summed E-state index contributed by atoms with van der Waals surface area (Å²) in [7, 11) is 1.55. The third-order valence-electron chi connectivity index (χ3n) is 1.94. The molecular weight excluding hydrogens is 208 g/mol. The largest absolute Gasteiger partial charge is 0.480 e. The zero-order valence-corrected chi connectivity index (χ0v) is 9.10. The number of rotatable bonds is 4. The average molecular weight is 220 g/mol. The molecule has 2 aromatic heterocycles. The van der Waals surface area contributed by atoms with Gasteiger partial charge in [0.25, 0.3) is 0 Å². The van der Waals surface area contributed by atoms with Crippen LogP contribution in [0.4, 0.5) is 5.82 Å². The van der Waals surface area contributed by atoms with Crippen LogP contribution in [0.25, 0.3) is 0 Å². The molecule has 16 heavy (non-hydrogen) atoms. The van der Waals surface area contributed by atoms with Gasteiger partial charge in [0.05, 0.1) is 31.7 Å². The van der Waals surface area contributed by atoms with Crippen molar-refractivity contribution in [2.75, 3.05) is 12.4 Å². The van der Waals surface area contributed by atoms with E-state index in [1.807, 2.05) is 13.0 Å². The van der Waals surface area contributed by atoms with Crippen LogP contribution < -0.4 is 10.1 Å². The van der Waals surface area contributed by atoms with E-state index in [0.717, 1.165) is 11.5 Å². The van der Waals surface area contributed by atoms with E-state index in [4.69, 9.17) is 9.26 Å². The van der Waals surface area contributed by atoms with Gasteiger partial charge in [-0.25, -0.2) is 0 Å². The Morgan fingerprint density at radius 3 is 3.00 bits per heavy atom. The summed E-state index contributed by atoms with van der Waals surface area (Å²) in [5.74, 6) is 1.86. The van der Waals surface area contributed by atoms with E-state index >= 15 is 0 Å². The molecular formula is C10H12N4O2. The first-order chi connectivity index (χ1) is 7.78. The van der Waals surface area contributed by atoms with Crippen molar-refractivity contribution in [2.45, 2.75) is 13.5 Å². The Kier molecular flexibility index (Phi) is 3.00. The number of ether oxygens (including phenoxy) is 1. The lowest BCUT2D eigenvalue weighted by molar-refractivity contribution is 0.383. The first-order valence-corrected chi connectivity index (χ1v) is 4.80. The molecule has 0 amide bonds. The number of hydrogen-bond acceptors (Lipinski definition) is 6. The molecule has 2 aromatic rings. The van der Waals surface area contributed by atoms with Crippen LogP contribution in [0.15, 0.2) is 23.0 Å². The number of methoxy groups -OCH3 is 1. The zero-order valence-electron chi connectivity index (χ0n) is 9.10. The lowest BCUT2D eigenvalue weighted by Crippen LogP contribution is -2.01. The third-order valence-corrected chi connectivity index (χ3v) is 1.94. The van der Waals surface area contributed by atoms with E-state index in [0.29, 0.717) is 18.2 Å². The molecule has 0 aliphatic heterocycles. The second-order valence-corrected chi connectivity index (χ2v) is 3.23. The quantitative estimate of drug-likeness (QED) is 0.839. The van der Waals surface area contributed by atoms with Crippen molar-refractivity contribution in [3.8, 4) is 5.88 Å². The number of nitrogens with zero attached hydrogens (tertiary/aromatic N) is 3. The summed E-state index contributed by atoms with van der Waals surface area (Å²) in [4.78, 5) is 8.13. The minimum atomic E-state index is 0.471. The SMILES string of the molecule is COc1cncc(NCc2cc(C)no2)n1. The summed E-state index contributed by atoms with van der Waals surface area (Å²) in [6, 6.07) is 1.86. The lowest BCUT2D eigenvalue weighted by atomic mass is 10.4. The molecule has 0 aliphatic rings. The summed E-state index contributed by atoms with van der Waals surface area (Å²) >= 11 is 0. The minimum absolute atomic E-state index is 0.471. The predicted molar refractivity (Wildman–Crippen MR) is 57.2 cm³/mol. The maximum atomic E-state index is 5.05. The van der Waals surface area contributed by atoms with Gasteiger partial charge in [0, 0.05) is 6.07 Å². The van der Waals surface area contributed by atoms with E-state index in [9.17, 15) is 0 Å². The Morgan fingerprint density at radius 1 is 1.44 bits per heavy atom. The minimum Gasteiger partial charge on any atom is -0.480 e. The molecule has 0 spiro atoms. The molecule has 1 N–H and O–H groups in total. The molecule has 84 valence electrons. The number of aryl methyl sites for hydroxylation is 1. The van der Waals surface area contributed by atoms with E-state index in [2.05, 4.69) is 20.4 Å². The van der Waals surface area contributed by atoms with Crippen molar-refractivity contribution in [1.29, 1.82) is 0 Å². The van der Waals surface area contributed by atoms with Crippen LogP contribution in [0.3, 0.4) is 0 Å². The van der Waals surface area contributed by atoms with Crippen molar-refractivity contribution in [3.05, 3.63) is 29.9 Å². The van der Waals surface area contributed by atoms with Crippen LogP contribution in [0.1, 0.15) is 11.5 Å². The van der Waals surface area contributed by atoms with Gasteiger partial charge in [-0.15, -0.1) is 0 Å². The van der Waals surface area contributed by atoms with Gasteiger partial charge in [-0.2, -0.15) is 4.98 Å². The highest BCUT2D eigenvalue weighted by Gasteiger charge is 2.02. The molecule has 2 rings (SSSR count). The van der Waals surface area contributed by atoms with Gasteiger partial charge in [0.2, 0.25) is 5.88 Å². The molecule has 0 aromatic carbocycles. The Morgan fingerprint density at radius 2 is 2.31 bits per heavy atom. The van der Waals surface area contributed by atoms with Gasteiger partial charge in [-0.3, -0.25) is 4.98 Å². The van der Waals surface area contributed by atoms with Crippen molar-refractivity contribution in [2.24, 2.45) is 0 Å². The Hall–Kier alpha value is -2.11. The van der Waals surface area contributed by atoms with Crippen molar-refractivity contribution < 1.29 is 9.26 Å². The van der Waals surface area contributed by atoms with Crippen LogP contribution in [0.2, 0.25) is 0 Å². The van der Waals surface area contributed by atoms with Crippen molar-refractivity contribution >= 4 is 5.82 Å². The number of nitrogens with one attached hydrogen (secondary N) is 1. The summed E-state index contributed by atoms with van der Waals surface area (Å²) in [5, 5.41) is 6.85. The van der Waals surface area contributed by atoms with Crippen molar-refractivity contribution in [1.82, 2.24) is 15.1 Å². The first kappa shape index (κ1) is 10.4. The highest BCUT2D eigenvalue weighted by molar-refractivity contribution is 5.33. The number of hydrogen-bond donors (Lipinski definition) is 1. The van der Waals surface area contributed by atoms with Gasteiger partial charge in [0.1, 0.15) is 5.82 Å². The second-order valence-electron chi connectivity index (χ2n) is 3.23. The molecule has 0 fully saturated rings. The molecule has 6 heteroatoms. The normalized spacial score (nSPS) is 10.1. The molecule has 6 nitrogen and oxygen atoms in total. The van der Waals surface area contributed by atoms with E-state index < -0.39 is 0 Å². The second kappa shape index (κ2) is 4.61. The fourth-order valence-corrected chi connectivity index (χ4v) is 1.21. The average Bonchev–Trinajstić information content (AvgIpc) is 2.73. The molecule has 0 aliphatic carbocycles. The molecule has 0 atom stereocenters. The van der Waals surface area contributed by atoms with Gasteiger partial charge >= 0.3 is 0 Å². The van der Waals surface area contributed by atoms with E-state index in [1.54, 1.807) is 19.5 Å². The zero-order chi connectivity index (χ0) is 11.4. The first-order valence-electron chi connectivity index (χ1n) is 4.80. The Bertz CT molecular complexity index is 469.